The molecule has 0 aliphatic carbocycles. The summed E-state index contributed by atoms with van der Waals surface area (Å²) >= 11 is 0. The molecule has 26 heavy (non-hydrogen) atoms. The summed E-state index contributed by atoms with van der Waals surface area (Å²) in [5.41, 5.74) is 0.215. The van der Waals surface area contributed by atoms with E-state index in [-0.39, 0.29) is 16.4 Å². The molecule has 2 rings (SSSR count). The standard InChI is InChI=1S/C19H23NO5S/c1-5-6-12(2)16-11-13(3)17(19(22)25-16)18(21)20-14-7-9-15(10-8-14)26(4,23)24/h7-12H,5-6H2,1-4H3,(H,20,21). The summed E-state index contributed by atoms with van der Waals surface area (Å²) in [6, 6.07) is 7.47. The van der Waals surface area contributed by atoms with Crippen LogP contribution in [0.25, 0.3) is 0 Å². The van der Waals surface area contributed by atoms with E-state index in [2.05, 4.69) is 12.2 Å². The molecule has 1 amide bonds. The highest BCUT2D eigenvalue weighted by molar-refractivity contribution is 7.90. The lowest BCUT2D eigenvalue weighted by Gasteiger charge is -2.12. The maximum Gasteiger partial charge on any atom is 0.349 e. The van der Waals surface area contributed by atoms with Gasteiger partial charge in [0.05, 0.1) is 4.90 Å². The van der Waals surface area contributed by atoms with Crippen LogP contribution in [-0.2, 0) is 9.84 Å². The number of anilines is 1. The van der Waals surface area contributed by atoms with Crippen molar-refractivity contribution in [3.05, 3.63) is 57.6 Å². The molecule has 0 bridgehead atoms. The lowest BCUT2D eigenvalue weighted by atomic mass is 10.0. The van der Waals surface area contributed by atoms with E-state index in [9.17, 15) is 18.0 Å². The number of amides is 1. The van der Waals surface area contributed by atoms with Gasteiger partial charge in [-0.25, -0.2) is 13.2 Å². The number of hydrogen-bond acceptors (Lipinski definition) is 5. The van der Waals surface area contributed by atoms with Gasteiger partial charge in [0.15, 0.2) is 9.84 Å². The number of nitrogens with one attached hydrogen (secondary N) is 1. The maximum absolute atomic E-state index is 12.5. The van der Waals surface area contributed by atoms with E-state index in [1.807, 2.05) is 6.92 Å². The van der Waals surface area contributed by atoms with Gasteiger partial charge in [0.1, 0.15) is 11.3 Å². The van der Waals surface area contributed by atoms with E-state index in [1.165, 1.54) is 24.3 Å². The Balaban J connectivity index is 2.26. The number of carbonyl (C=O) groups is 1. The largest absolute Gasteiger partial charge is 0.427 e. The zero-order valence-corrected chi connectivity index (χ0v) is 16.1. The molecule has 1 aromatic heterocycles. The molecule has 1 unspecified atom stereocenters. The molecule has 1 atom stereocenters. The van der Waals surface area contributed by atoms with Crippen molar-refractivity contribution < 1.29 is 17.6 Å². The second-order valence-corrected chi connectivity index (χ2v) is 8.45. The second-order valence-electron chi connectivity index (χ2n) is 6.43. The third-order valence-corrected chi connectivity index (χ3v) is 5.27. The highest BCUT2D eigenvalue weighted by atomic mass is 32.2. The Morgan fingerprint density at radius 3 is 2.35 bits per heavy atom. The van der Waals surface area contributed by atoms with E-state index in [0.29, 0.717) is 17.0 Å². The Hall–Kier alpha value is -2.41. The van der Waals surface area contributed by atoms with Crippen LogP contribution in [0.15, 0.2) is 44.4 Å². The van der Waals surface area contributed by atoms with Crippen molar-refractivity contribution in [2.45, 2.75) is 44.4 Å². The first kappa shape index (κ1) is 19.9. The normalized spacial score (nSPS) is 12.6. The predicted octanol–water partition coefficient (Wildman–Crippen LogP) is 3.51. The van der Waals surface area contributed by atoms with Crippen LogP contribution in [0.2, 0.25) is 0 Å². The molecule has 0 aliphatic heterocycles. The van der Waals surface area contributed by atoms with Crippen molar-refractivity contribution >= 4 is 21.4 Å². The van der Waals surface area contributed by atoms with E-state index in [1.54, 1.807) is 13.0 Å². The SMILES string of the molecule is CCCC(C)c1cc(C)c(C(=O)Nc2ccc(S(C)(=O)=O)cc2)c(=O)o1. The molecule has 0 saturated heterocycles. The van der Waals surface area contributed by atoms with Crippen LogP contribution in [0.5, 0.6) is 0 Å². The molecule has 140 valence electrons. The van der Waals surface area contributed by atoms with Gasteiger partial charge in [-0.05, 0) is 49.2 Å². The van der Waals surface area contributed by atoms with Crippen molar-refractivity contribution in [3.63, 3.8) is 0 Å². The number of hydrogen-bond donors (Lipinski definition) is 1. The minimum absolute atomic E-state index is 0.0513. The van der Waals surface area contributed by atoms with Gasteiger partial charge in [0.2, 0.25) is 0 Å². The van der Waals surface area contributed by atoms with Gasteiger partial charge in [0.25, 0.3) is 5.91 Å². The van der Waals surface area contributed by atoms with Crippen LogP contribution in [0.3, 0.4) is 0 Å². The van der Waals surface area contributed by atoms with Crippen molar-refractivity contribution in [3.8, 4) is 0 Å². The number of benzene rings is 1. The minimum Gasteiger partial charge on any atom is -0.427 e. The molecule has 0 spiro atoms. The van der Waals surface area contributed by atoms with Crippen LogP contribution in [-0.4, -0.2) is 20.6 Å². The second kappa shape index (κ2) is 7.86. The molecule has 1 N–H and O–H groups in total. The van der Waals surface area contributed by atoms with Crippen molar-refractivity contribution in [1.82, 2.24) is 0 Å². The van der Waals surface area contributed by atoms with Gasteiger partial charge in [-0.15, -0.1) is 0 Å². The van der Waals surface area contributed by atoms with Gasteiger partial charge >= 0.3 is 5.63 Å². The number of aryl methyl sites for hydroxylation is 1. The number of rotatable bonds is 6. The van der Waals surface area contributed by atoms with Crippen molar-refractivity contribution in [2.24, 2.45) is 0 Å². The third-order valence-electron chi connectivity index (χ3n) is 4.14. The molecular formula is C19H23NO5S. The Morgan fingerprint density at radius 1 is 1.23 bits per heavy atom. The summed E-state index contributed by atoms with van der Waals surface area (Å²) < 4.78 is 28.3. The van der Waals surface area contributed by atoms with Crippen LogP contribution in [0, 0.1) is 6.92 Å². The zero-order valence-electron chi connectivity index (χ0n) is 15.3. The third kappa shape index (κ3) is 4.60. The highest BCUT2D eigenvalue weighted by Crippen LogP contribution is 2.21. The van der Waals surface area contributed by atoms with E-state index in [0.717, 1.165) is 19.1 Å². The Kier molecular flexibility index (Phi) is 6.02. The van der Waals surface area contributed by atoms with Gasteiger partial charge in [-0.3, -0.25) is 4.79 Å². The van der Waals surface area contributed by atoms with Crippen LogP contribution >= 0.6 is 0 Å². The van der Waals surface area contributed by atoms with Gasteiger partial charge in [-0.1, -0.05) is 20.3 Å². The van der Waals surface area contributed by atoms with E-state index < -0.39 is 21.4 Å². The van der Waals surface area contributed by atoms with Gasteiger partial charge < -0.3 is 9.73 Å². The summed E-state index contributed by atoms with van der Waals surface area (Å²) in [5.74, 6) is 0.0912. The first-order valence-corrected chi connectivity index (χ1v) is 10.3. The molecular weight excluding hydrogens is 354 g/mol. The van der Waals surface area contributed by atoms with Crippen molar-refractivity contribution in [2.75, 3.05) is 11.6 Å². The highest BCUT2D eigenvalue weighted by Gasteiger charge is 2.19. The van der Waals surface area contributed by atoms with Crippen LogP contribution < -0.4 is 10.9 Å². The lowest BCUT2D eigenvalue weighted by Crippen LogP contribution is -2.23. The minimum atomic E-state index is -3.31. The maximum atomic E-state index is 12.5. The van der Waals surface area contributed by atoms with Crippen LogP contribution in [0.1, 0.15) is 54.3 Å². The summed E-state index contributed by atoms with van der Waals surface area (Å²) in [7, 11) is -3.31. The Bertz CT molecular complexity index is 958. The fraction of sp³-hybridized carbons (Fsp3) is 0.368. The van der Waals surface area contributed by atoms with Gasteiger partial charge in [-0.2, -0.15) is 0 Å². The number of carbonyl (C=O) groups excluding carboxylic acids is 1. The monoisotopic (exact) mass is 377 g/mol. The molecule has 0 aliphatic rings. The molecule has 2 aromatic rings. The molecule has 1 aromatic carbocycles. The quantitative estimate of drug-likeness (QED) is 0.831. The molecule has 7 heteroatoms. The lowest BCUT2D eigenvalue weighted by molar-refractivity contribution is 0.102. The molecule has 0 radical (unpaired) electrons. The first-order chi connectivity index (χ1) is 12.1. The van der Waals surface area contributed by atoms with Gasteiger partial charge in [0, 0.05) is 17.9 Å². The molecule has 1 heterocycles. The summed E-state index contributed by atoms with van der Waals surface area (Å²) in [5, 5.41) is 2.60. The average Bonchev–Trinajstić information content (AvgIpc) is 2.54. The molecule has 0 fully saturated rings. The predicted molar refractivity (Wildman–Crippen MR) is 101 cm³/mol. The Labute approximate surface area is 153 Å². The first-order valence-electron chi connectivity index (χ1n) is 8.39. The van der Waals surface area contributed by atoms with E-state index in [4.69, 9.17) is 4.42 Å². The van der Waals surface area contributed by atoms with Crippen molar-refractivity contribution in [1.29, 1.82) is 0 Å². The average molecular weight is 377 g/mol. The fourth-order valence-electron chi connectivity index (χ4n) is 2.70. The Morgan fingerprint density at radius 2 is 1.85 bits per heavy atom. The fourth-order valence-corrected chi connectivity index (χ4v) is 3.33. The van der Waals surface area contributed by atoms with E-state index >= 15 is 0 Å². The molecule has 0 saturated carbocycles. The zero-order chi connectivity index (χ0) is 19.5. The van der Waals surface area contributed by atoms with Crippen LogP contribution in [0.4, 0.5) is 5.69 Å². The summed E-state index contributed by atoms with van der Waals surface area (Å²) in [6.07, 6.45) is 2.96. The number of sulfone groups is 1. The smallest absolute Gasteiger partial charge is 0.349 e. The molecule has 6 nitrogen and oxygen atoms in total. The summed E-state index contributed by atoms with van der Waals surface area (Å²) in [4.78, 5) is 24.9. The topological polar surface area (TPSA) is 93.5 Å². The summed E-state index contributed by atoms with van der Waals surface area (Å²) in [6.45, 7) is 5.73.